The summed E-state index contributed by atoms with van der Waals surface area (Å²) < 4.78 is 19.7. The van der Waals surface area contributed by atoms with E-state index >= 15 is 0 Å². The van der Waals surface area contributed by atoms with E-state index in [1.54, 1.807) is 20.8 Å². The van der Waals surface area contributed by atoms with E-state index in [4.69, 9.17) is 18.9 Å². The Balaban J connectivity index is 3.57. The van der Waals surface area contributed by atoms with Crippen molar-refractivity contribution < 1.29 is 28.5 Å². The monoisotopic (exact) mass is 272 g/mol. The summed E-state index contributed by atoms with van der Waals surface area (Å²) >= 11 is 0. The van der Waals surface area contributed by atoms with Crippen molar-refractivity contribution >= 4 is 11.9 Å². The maximum Gasteiger partial charge on any atom is 0.335 e. The zero-order chi connectivity index (χ0) is 14.8. The van der Waals surface area contributed by atoms with Gasteiger partial charge in [-0.1, -0.05) is 13.2 Å². The van der Waals surface area contributed by atoms with Crippen LogP contribution in [-0.2, 0) is 28.5 Å². The Bertz CT molecular complexity index is 347. The summed E-state index contributed by atoms with van der Waals surface area (Å²) in [6, 6.07) is 0. The summed E-state index contributed by atoms with van der Waals surface area (Å²) in [6.45, 7) is 11.5. The molecule has 0 rings (SSSR count). The fourth-order valence-corrected chi connectivity index (χ4v) is 0.807. The van der Waals surface area contributed by atoms with Crippen LogP contribution in [-0.4, -0.2) is 38.2 Å². The second-order valence-corrected chi connectivity index (χ2v) is 4.01. The first-order valence-electron chi connectivity index (χ1n) is 5.69. The lowest BCUT2D eigenvalue weighted by Gasteiger charge is -2.13. The molecule has 0 aromatic heterocycles. The molecule has 0 bridgehead atoms. The Labute approximate surface area is 113 Å². The first kappa shape index (κ1) is 17.3. The van der Waals surface area contributed by atoms with E-state index in [0.717, 1.165) is 0 Å². The average Bonchev–Trinajstić information content (AvgIpc) is 2.33. The van der Waals surface area contributed by atoms with Crippen LogP contribution in [0, 0.1) is 0 Å². The van der Waals surface area contributed by atoms with Crippen molar-refractivity contribution in [3.63, 3.8) is 0 Å². The highest BCUT2D eigenvalue weighted by molar-refractivity contribution is 5.87. The Morgan fingerprint density at radius 1 is 1.00 bits per heavy atom. The second kappa shape index (κ2) is 9.29. The number of hydrogen-bond acceptors (Lipinski definition) is 6. The molecular weight excluding hydrogens is 252 g/mol. The summed E-state index contributed by atoms with van der Waals surface area (Å²) in [6.07, 6.45) is -0.304. The van der Waals surface area contributed by atoms with Crippen LogP contribution in [0.4, 0.5) is 0 Å². The number of esters is 2. The largest absolute Gasteiger partial charge is 0.435 e. The highest BCUT2D eigenvalue weighted by Gasteiger charge is 2.07. The minimum absolute atomic E-state index is 0.176. The first-order valence-corrected chi connectivity index (χ1v) is 5.69. The average molecular weight is 272 g/mol. The van der Waals surface area contributed by atoms with Crippen LogP contribution in [0.25, 0.3) is 0 Å². The fourth-order valence-electron chi connectivity index (χ4n) is 0.807. The Morgan fingerprint density at radius 2 is 1.47 bits per heavy atom. The number of carbonyl (C=O) groups is 2. The lowest BCUT2D eigenvalue weighted by Crippen LogP contribution is -2.21. The number of ether oxygens (including phenoxy) is 4. The molecule has 0 saturated carbocycles. The van der Waals surface area contributed by atoms with Crippen LogP contribution >= 0.6 is 0 Å². The molecule has 0 heterocycles. The third kappa shape index (κ3) is 8.98. The molecule has 108 valence electrons. The van der Waals surface area contributed by atoms with Crippen LogP contribution in [0.1, 0.15) is 20.8 Å². The third-order valence-electron chi connectivity index (χ3n) is 1.87. The van der Waals surface area contributed by atoms with Gasteiger partial charge in [-0.25, -0.2) is 9.59 Å². The Kier molecular flexibility index (Phi) is 8.48. The molecule has 19 heavy (non-hydrogen) atoms. The quantitative estimate of drug-likeness (QED) is 0.274. The summed E-state index contributed by atoms with van der Waals surface area (Å²) in [5.41, 5.74) is 0.610. The van der Waals surface area contributed by atoms with Crippen LogP contribution in [0.2, 0.25) is 0 Å². The molecule has 0 N–H and O–H groups in total. The van der Waals surface area contributed by atoms with Gasteiger partial charge in [0.05, 0.1) is 12.7 Å². The van der Waals surface area contributed by atoms with E-state index in [0.29, 0.717) is 11.1 Å². The summed E-state index contributed by atoms with van der Waals surface area (Å²) in [4.78, 5) is 22.0. The van der Waals surface area contributed by atoms with Gasteiger partial charge < -0.3 is 18.9 Å². The predicted molar refractivity (Wildman–Crippen MR) is 68.0 cm³/mol. The highest BCUT2D eigenvalue weighted by atomic mass is 16.7. The van der Waals surface area contributed by atoms with Gasteiger partial charge in [-0.3, -0.25) is 0 Å². The molecule has 6 nitrogen and oxygen atoms in total. The van der Waals surface area contributed by atoms with Gasteiger partial charge in [-0.2, -0.15) is 0 Å². The van der Waals surface area contributed by atoms with Gasteiger partial charge in [0.15, 0.2) is 13.6 Å². The standard InChI is InChI=1S/C13H20O6/c1-9(2)12(14)18-7-16-6-11(5)17-8-19-13(15)10(3)4/h11H,1,3,6-8H2,2,4-5H3. The minimum atomic E-state index is -0.511. The molecule has 6 heteroatoms. The van der Waals surface area contributed by atoms with Crippen LogP contribution < -0.4 is 0 Å². The van der Waals surface area contributed by atoms with Crippen LogP contribution in [0.5, 0.6) is 0 Å². The predicted octanol–water partition coefficient (Wildman–Crippen LogP) is 1.56. The molecule has 0 aliphatic rings. The van der Waals surface area contributed by atoms with Crippen molar-refractivity contribution in [2.24, 2.45) is 0 Å². The SMILES string of the molecule is C=C(C)C(=O)OCOCC(C)OCOC(=O)C(=C)C. The first-order chi connectivity index (χ1) is 8.84. The van der Waals surface area contributed by atoms with Crippen molar-refractivity contribution in [2.45, 2.75) is 26.9 Å². The smallest absolute Gasteiger partial charge is 0.335 e. The molecule has 0 aliphatic heterocycles. The zero-order valence-corrected chi connectivity index (χ0v) is 11.6. The molecule has 0 aliphatic carbocycles. The van der Waals surface area contributed by atoms with E-state index in [1.165, 1.54) is 0 Å². The van der Waals surface area contributed by atoms with E-state index in [1.807, 2.05) is 0 Å². The topological polar surface area (TPSA) is 71.1 Å². The van der Waals surface area contributed by atoms with Gasteiger partial charge in [-0.15, -0.1) is 0 Å². The van der Waals surface area contributed by atoms with E-state index in [2.05, 4.69) is 13.2 Å². The lowest BCUT2D eigenvalue weighted by molar-refractivity contribution is -0.166. The van der Waals surface area contributed by atoms with Crippen molar-refractivity contribution in [3.8, 4) is 0 Å². The van der Waals surface area contributed by atoms with Gasteiger partial charge >= 0.3 is 11.9 Å². The highest BCUT2D eigenvalue weighted by Crippen LogP contribution is 1.97. The molecule has 0 spiro atoms. The summed E-state index contributed by atoms with van der Waals surface area (Å²) in [5.74, 6) is -1.02. The molecule has 0 aromatic carbocycles. The number of hydrogen-bond donors (Lipinski definition) is 0. The van der Waals surface area contributed by atoms with Crippen LogP contribution in [0.15, 0.2) is 24.3 Å². The summed E-state index contributed by atoms with van der Waals surface area (Å²) in [5, 5.41) is 0. The van der Waals surface area contributed by atoms with E-state index < -0.39 is 11.9 Å². The molecule has 0 radical (unpaired) electrons. The Hall–Kier alpha value is -1.66. The second-order valence-electron chi connectivity index (χ2n) is 4.01. The molecule has 0 aromatic rings. The van der Waals surface area contributed by atoms with Crippen molar-refractivity contribution in [1.82, 2.24) is 0 Å². The van der Waals surface area contributed by atoms with Crippen molar-refractivity contribution in [3.05, 3.63) is 24.3 Å². The van der Waals surface area contributed by atoms with Crippen molar-refractivity contribution in [2.75, 3.05) is 20.2 Å². The summed E-state index contributed by atoms with van der Waals surface area (Å²) in [7, 11) is 0. The van der Waals surface area contributed by atoms with Gasteiger partial charge in [0, 0.05) is 11.1 Å². The normalized spacial score (nSPS) is 11.5. The number of rotatable bonds is 9. The van der Waals surface area contributed by atoms with Gasteiger partial charge in [-0.05, 0) is 20.8 Å². The minimum Gasteiger partial charge on any atom is -0.435 e. The molecule has 1 atom stereocenters. The number of carbonyl (C=O) groups excluding carboxylic acids is 2. The molecule has 0 saturated heterocycles. The van der Waals surface area contributed by atoms with Gasteiger partial charge in [0.25, 0.3) is 0 Å². The van der Waals surface area contributed by atoms with Gasteiger partial charge in [0.2, 0.25) is 0 Å². The molecule has 1 unspecified atom stereocenters. The lowest BCUT2D eigenvalue weighted by atomic mass is 10.4. The molecule has 0 fully saturated rings. The van der Waals surface area contributed by atoms with Crippen LogP contribution in [0.3, 0.4) is 0 Å². The maximum atomic E-state index is 11.0. The van der Waals surface area contributed by atoms with Crippen molar-refractivity contribution in [1.29, 1.82) is 0 Å². The third-order valence-corrected chi connectivity index (χ3v) is 1.87. The maximum absolute atomic E-state index is 11.0. The van der Waals surface area contributed by atoms with Gasteiger partial charge in [0.1, 0.15) is 0 Å². The Morgan fingerprint density at radius 3 is 1.95 bits per heavy atom. The zero-order valence-electron chi connectivity index (χ0n) is 11.6. The molecule has 0 amide bonds. The fraction of sp³-hybridized carbons (Fsp3) is 0.538. The molecular formula is C13H20O6. The van der Waals surface area contributed by atoms with E-state index in [9.17, 15) is 9.59 Å². The van der Waals surface area contributed by atoms with E-state index in [-0.39, 0.29) is 26.3 Å².